The van der Waals surface area contributed by atoms with Crippen molar-refractivity contribution in [2.45, 2.75) is 19.9 Å². The van der Waals surface area contributed by atoms with Gasteiger partial charge in [0.05, 0.1) is 5.69 Å². The van der Waals surface area contributed by atoms with E-state index in [2.05, 4.69) is 10.3 Å². The van der Waals surface area contributed by atoms with Crippen molar-refractivity contribution in [1.29, 1.82) is 0 Å². The third-order valence-corrected chi connectivity index (χ3v) is 5.28. The van der Waals surface area contributed by atoms with Crippen molar-refractivity contribution >= 4 is 17.8 Å². The Morgan fingerprint density at radius 2 is 1.45 bits per heavy atom. The SMILES string of the molecule is CC(C)N(CC(=O)Nc1nc(-c2ccccc2)cn1-c1ccccc1)C(=O)c1ccccc1. The summed E-state index contributed by atoms with van der Waals surface area (Å²) in [6.45, 7) is 3.72. The normalized spacial score (nSPS) is 10.8. The number of amides is 2. The average Bonchev–Trinajstić information content (AvgIpc) is 3.27. The molecule has 6 nitrogen and oxygen atoms in total. The van der Waals surface area contributed by atoms with Gasteiger partial charge in [-0.1, -0.05) is 66.7 Å². The molecule has 3 aromatic carbocycles. The van der Waals surface area contributed by atoms with E-state index < -0.39 is 0 Å². The molecule has 166 valence electrons. The van der Waals surface area contributed by atoms with Crippen molar-refractivity contribution in [2.24, 2.45) is 0 Å². The predicted molar refractivity (Wildman–Crippen MR) is 130 cm³/mol. The quantitative estimate of drug-likeness (QED) is 0.440. The summed E-state index contributed by atoms with van der Waals surface area (Å²) in [7, 11) is 0. The van der Waals surface area contributed by atoms with Crippen LogP contribution < -0.4 is 5.32 Å². The Bertz CT molecular complexity index is 1220. The zero-order valence-corrected chi connectivity index (χ0v) is 18.7. The number of anilines is 1. The molecule has 0 unspecified atom stereocenters. The first-order valence-electron chi connectivity index (χ1n) is 10.9. The van der Waals surface area contributed by atoms with E-state index in [1.807, 2.05) is 103 Å². The highest BCUT2D eigenvalue weighted by Gasteiger charge is 2.23. The summed E-state index contributed by atoms with van der Waals surface area (Å²) in [6.07, 6.45) is 1.90. The van der Waals surface area contributed by atoms with Crippen LogP contribution in [0.3, 0.4) is 0 Å². The highest BCUT2D eigenvalue weighted by Crippen LogP contribution is 2.24. The molecule has 6 heteroatoms. The van der Waals surface area contributed by atoms with Crippen LogP contribution in [0.1, 0.15) is 24.2 Å². The van der Waals surface area contributed by atoms with E-state index in [0.717, 1.165) is 16.9 Å². The van der Waals surface area contributed by atoms with Crippen molar-refractivity contribution in [3.8, 4) is 16.9 Å². The number of nitrogens with zero attached hydrogens (tertiary/aromatic N) is 3. The Morgan fingerprint density at radius 1 is 0.879 bits per heavy atom. The molecule has 4 aromatic rings. The standard InChI is InChI=1S/C27H26N4O2/c1-20(2)30(26(33)22-14-8-4-9-15-22)19-25(32)29-27-28-24(21-12-6-3-7-13-21)18-31(27)23-16-10-5-11-17-23/h3-18,20H,19H2,1-2H3,(H,28,29,32). The molecular weight excluding hydrogens is 412 g/mol. The van der Waals surface area contributed by atoms with Crippen LogP contribution in [-0.2, 0) is 4.79 Å². The molecule has 1 N–H and O–H groups in total. The number of hydrogen-bond donors (Lipinski definition) is 1. The van der Waals surface area contributed by atoms with Gasteiger partial charge in [0.2, 0.25) is 11.9 Å². The molecule has 33 heavy (non-hydrogen) atoms. The Hall–Kier alpha value is -4.19. The lowest BCUT2D eigenvalue weighted by molar-refractivity contribution is -0.117. The molecule has 0 atom stereocenters. The second-order valence-corrected chi connectivity index (χ2v) is 7.96. The highest BCUT2D eigenvalue weighted by molar-refractivity contribution is 5.99. The van der Waals surface area contributed by atoms with Gasteiger partial charge >= 0.3 is 0 Å². The number of rotatable bonds is 7. The minimum atomic E-state index is -0.310. The molecule has 0 saturated carbocycles. The monoisotopic (exact) mass is 438 g/mol. The van der Waals surface area contributed by atoms with Gasteiger partial charge in [0, 0.05) is 29.1 Å². The van der Waals surface area contributed by atoms with Crippen LogP contribution in [0.15, 0.2) is 97.2 Å². The molecule has 0 radical (unpaired) electrons. The van der Waals surface area contributed by atoms with Gasteiger partial charge in [0.1, 0.15) is 6.54 Å². The summed E-state index contributed by atoms with van der Waals surface area (Å²) in [6, 6.07) is 28.3. The zero-order valence-electron chi connectivity index (χ0n) is 18.7. The number of carbonyl (C=O) groups excluding carboxylic acids is 2. The number of aromatic nitrogens is 2. The molecule has 0 spiro atoms. The molecule has 0 aliphatic rings. The molecule has 0 saturated heterocycles. The maximum absolute atomic E-state index is 13.0. The van der Waals surface area contributed by atoms with E-state index >= 15 is 0 Å². The largest absolute Gasteiger partial charge is 0.327 e. The van der Waals surface area contributed by atoms with Gasteiger partial charge in [-0.2, -0.15) is 0 Å². The third-order valence-electron chi connectivity index (χ3n) is 5.28. The fourth-order valence-electron chi connectivity index (χ4n) is 3.56. The molecule has 1 aromatic heterocycles. The minimum Gasteiger partial charge on any atom is -0.327 e. The second kappa shape index (κ2) is 9.96. The van der Waals surface area contributed by atoms with Crippen LogP contribution in [0, 0.1) is 0 Å². The van der Waals surface area contributed by atoms with Gasteiger partial charge in [0.25, 0.3) is 5.91 Å². The van der Waals surface area contributed by atoms with E-state index in [1.54, 1.807) is 17.0 Å². The van der Waals surface area contributed by atoms with E-state index in [9.17, 15) is 9.59 Å². The maximum atomic E-state index is 13.0. The molecule has 1 heterocycles. The molecule has 4 rings (SSSR count). The Labute approximate surface area is 193 Å². The summed E-state index contributed by atoms with van der Waals surface area (Å²) in [5.41, 5.74) is 3.13. The van der Waals surface area contributed by atoms with Crippen LogP contribution >= 0.6 is 0 Å². The first kappa shape index (κ1) is 22.0. The van der Waals surface area contributed by atoms with E-state index in [0.29, 0.717) is 11.5 Å². The number of imidazole rings is 1. The lowest BCUT2D eigenvalue weighted by Crippen LogP contribution is -2.42. The first-order valence-corrected chi connectivity index (χ1v) is 10.9. The van der Waals surface area contributed by atoms with Crippen molar-refractivity contribution in [3.05, 3.63) is 103 Å². The van der Waals surface area contributed by atoms with Crippen molar-refractivity contribution in [1.82, 2.24) is 14.5 Å². The number of nitrogens with one attached hydrogen (secondary N) is 1. The Kier molecular flexibility index (Phi) is 6.64. The van der Waals surface area contributed by atoms with Gasteiger partial charge in [-0.3, -0.25) is 19.5 Å². The van der Waals surface area contributed by atoms with Crippen molar-refractivity contribution in [2.75, 3.05) is 11.9 Å². The fourth-order valence-corrected chi connectivity index (χ4v) is 3.56. The van der Waals surface area contributed by atoms with Crippen LogP contribution in [0.5, 0.6) is 0 Å². The van der Waals surface area contributed by atoms with E-state index in [1.165, 1.54) is 0 Å². The van der Waals surface area contributed by atoms with E-state index in [-0.39, 0.29) is 24.4 Å². The lowest BCUT2D eigenvalue weighted by atomic mass is 10.1. The Balaban J connectivity index is 1.60. The second-order valence-electron chi connectivity index (χ2n) is 7.96. The van der Waals surface area contributed by atoms with Crippen LogP contribution in [0.2, 0.25) is 0 Å². The molecule has 2 amide bonds. The number of benzene rings is 3. The average molecular weight is 439 g/mol. The summed E-state index contributed by atoms with van der Waals surface area (Å²) >= 11 is 0. The number of para-hydroxylation sites is 1. The van der Waals surface area contributed by atoms with Crippen LogP contribution in [0.25, 0.3) is 16.9 Å². The molecular formula is C27H26N4O2. The summed E-state index contributed by atoms with van der Waals surface area (Å²) in [4.78, 5) is 32.2. The van der Waals surface area contributed by atoms with E-state index in [4.69, 9.17) is 0 Å². The third kappa shape index (κ3) is 5.18. The van der Waals surface area contributed by atoms with Crippen molar-refractivity contribution in [3.63, 3.8) is 0 Å². The number of hydrogen-bond acceptors (Lipinski definition) is 3. The Morgan fingerprint density at radius 3 is 2.06 bits per heavy atom. The fraction of sp³-hybridized carbons (Fsp3) is 0.148. The zero-order chi connectivity index (χ0) is 23.2. The van der Waals surface area contributed by atoms with Gasteiger partial charge in [-0.15, -0.1) is 0 Å². The van der Waals surface area contributed by atoms with Gasteiger partial charge in [0.15, 0.2) is 0 Å². The molecule has 0 aliphatic carbocycles. The van der Waals surface area contributed by atoms with Crippen molar-refractivity contribution < 1.29 is 9.59 Å². The van der Waals surface area contributed by atoms with Gasteiger partial charge < -0.3 is 4.90 Å². The summed E-state index contributed by atoms with van der Waals surface area (Å²) in [5, 5.41) is 2.91. The highest BCUT2D eigenvalue weighted by atomic mass is 16.2. The lowest BCUT2D eigenvalue weighted by Gasteiger charge is -2.26. The van der Waals surface area contributed by atoms with Crippen LogP contribution in [-0.4, -0.2) is 38.9 Å². The van der Waals surface area contributed by atoms with Gasteiger partial charge in [-0.25, -0.2) is 4.98 Å². The smallest absolute Gasteiger partial charge is 0.254 e. The number of carbonyl (C=O) groups is 2. The summed E-state index contributed by atoms with van der Waals surface area (Å²) < 4.78 is 1.85. The molecule has 0 fully saturated rings. The molecule has 0 bridgehead atoms. The van der Waals surface area contributed by atoms with Gasteiger partial charge in [-0.05, 0) is 38.1 Å². The topological polar surface area (TPSA) is 67.2 Å². The molecule has 0 aliphatic heterocycles. The maximum Gasteiger partial charge on any atom is 0.254 e. The predicted octanol–water partition coefficient (Wildman–Crippen LogP) is 5.03. The summed E-state index contributed by atoms with van der Waals surface area (Å²) in [5.74, 6) is -0.0894. The minimum absolute atomic E-state index is 0.0757. The first-order chi connectivity index (χ1) is 16.0. The van der Waals surface area contributed by atoms with Crippen LogP contribution in [0.4, 0.5) is 5.95 Å².